The molecule has 0 aromatic carbocycles. The summed E-state index contributed by atoms with van der Waals surface area (Å²) in [5.74, 6) is 0.397. The number of ketones is 1. The summed E-state index contributed by atoms with van der Waals surface area (Å²) in [6, 6.07) is 2.62. The third-order valence-electron chi connectivity index (χ3n) is 3.78. The molecule has 1 saturated heterocycles. The van der Waals surface area contributed by atoms with E-state index in [0.717, 1.165) is 38.2 Å². The van der Waals surface area contributed by atoms with Crippen molar-refractivity contribution in [2.24, 2.45) is 0 Å². The molecule has 0 bridgehead atoms. The van der Waals surface area contributed by atoms with Gasteiger partial charge in [-0.3, -0.25) is 14.4 Å². The largest absolute Gasteiger partial charge is 0.300 e. The van der Waals surface area contributed by atoms with Gasteiger partial charge >= 0.3 is 0 Å². The molecule has 100 valence electrons. The lowest BCUT2D eigenvalue weighted by Crippen LogP contribution is -2.33. The van der Waals surface area contributed by atoms with Crippen LogP contribution in [0.1, 0.15) is 51.3 Å². The van der Waals surface area contributed by atoms with Crippen LogP contribution in [0.4, 0.5) is 0 Å². The van der Waals surface area contributed by atoms with Crippen molar-refractivity contribution in [2.75, 3.05) is 13.1 Å². The van der Waals surface area contributed by atoms with Gasteiger partial charge in [-0.25, -0.2) is 0 Å². The summed E-state index contributed by atoms with van der Waals surface area (Å²) in [5, 5.41) is 4.66. The fourth-order valence-electron chi connectivity index (χ4n) is 2.52. The van der Waals surface area contributed by atoms with Crippen LogP contribution in [0.3, 0.4) is 0 Å². The fraction of sp³-hybridized carbons (Fsp3) is 0.714. The molecule has 1 aromatic heterocycles. The molecule has 4 heteroatoms. The van der Waals surface area contributed by atoms with E-state index in [1.165, 1.54) is 0 Å². The van der Waals surface area contributed by atoms with Gasteiger partial charge in [0.1, 0.15) is 5.78 Å². The molecular weight excluding hydrogens is 226 g/mol. The van der Waals surface area contributed by atoms with E-state index < -0.39 is 0 Å². The maximum atomic E-state index is 11.2. The molecule has 0 amide bonds. The van der Waals surface area contributed by atoms with Crippen molar-refractivity contribution in [1.82, 2.24) is 14.7 Å². The molecule has 0 N–H and O–H groups in total. The van der Waals surface area contributed by atoms with E-state index in [-0.39, 0.29) is 0 Å². The zero-order valence-corrected chi connectivity index (χ0v) is 11.4. The van der Waals surface area contributed by atoms with Crippen molar-refractivity contribution in [3.63, 3.8) is 0 Å². The number of carbonyl (C=O) groups is 1. The Balaban J connectivity index is 1.92. The Morgan fingerprint density at radius 3 is 2.56 bits per heavy atom. The molecule has 2 heterocycles. The minimum absolute atomic E-state index is 0.397. The third-order valence-corrected chi connectivity index (χ3v) is 3.78. The number of nitrogens with zero attached hydrogens (tertiary/aromatic N) is 3. The Bertz CT molecular complexity index is 385. The second kappa shape index (κ2) is 6.14. The maximum absolute atomic E-state index is 11.2. The minimum Gasteiger partial charge on any atom is -0.300 e. The van der Waals surface area contributed by atoms with E-state index >= 15 is 0 Å². The molecule has 18 heavy (non-hydrogen) atoms. The second-order valence-corrected chi connectivity index (χ2v) is 5.07. The zero-order chi connectivity index (χ0) is 13.0. The first kappa shape index (κ1) is 13.3. The van der Waals surface area contributed by atoms with Gasteiger partial charge in [-0.05, 0) is 18.9 Å². The lowest BCUT2D eigenvalue weighted by atomic mass is 10.1. The van der Waals surface area contributed by atoms with E-state index in [9.17, 15) is 4.79 Å². The smallest absolute Gasteiger partial charge is 0.135 e. The Labute approximate surface area is 109 Å². The Morgan fingerprint density at radius 2 is 1.94 bits per heavy atom. The van der Waals surface area contributed by atoms with Gasteiger partial charge in [0.05, 0.1) is 11.7 Å². The van der Waals surface area contributed by atoms with E-state index in [2.05, 4.69) is 40.8 Å². The number of piperidine rings is 1. The number of aromatic nitrogens is 2. The van der Waals surface area contributed by atoms with Crippen molar-refractivity contribution < 1.29 is 4.79 Å². The van der Waals surface area contributed by atoms with Gasteiger partial charge in [-0.2, -0.15) is 5.10 Å². The number of likely N-dealkylation sites (tertiary alicyclic amines) is 1. The van der Waals surface area contributed by atoms with Crippen LogP contribution in [0.25, 0.3) is 0 Å². The lowest BCUT2D eigenvalue weighted by Gasteiger charge is -2.24. The van der Waals surface area contributed by atoms with Crippen LogP contribution in [0.5, 0.6) is 0 Å². The van der Waals surface area contributed by atoms with E-state index in [4.69, 9.17) is 0 Å². The average molecular weight is 249 g/mol. The van der Waals surface area contributed by atoms with Crippen LogP contribution < -0.4 is 0 Å². The number of carbonyl (C=O) groups excluding carboxylic acids is 1. The first-order valence-corrected chi connectivity index (χ1v) is 7.01. The summed E-state index contributed by atoms with van der Waals surface area (Å²) < 4.78 is 2.09. The lowest BCUT2D eigenvalue weighted by molar-refractivity contribution is -0.121. The molecule has 4 nitrogen and oxygen atoms in total. The monoisotopic (exact) mass is 249 g/mol. The average Bonchev–Trinajstić information content (AvgIpc) is 2.82. The standard InChI is InChI=1S/C14H23N3O/c1-3-13(4-2)17-10-5-12(15-17)11-16-8-6-14(18)7-9-16/h5,10,13H,3-4,6-9,11H2,1-2H3. The summed E-state index contributed by atoms with van der Waals surface area (Å²) in [7, 11) is 0. The first-order valence-electron chi connectivity index (χ1n) is 7.01. The van der Waals surface area contributed by atoms with Crippen molar-refractivity contribution in [3.8, 4) is 0 Å². The number of rotatable bonds is 5. The highest BCUT2D eigenvalue weighted by molar-refractivity contribution is 5.79. The van der Waals surface area contributed by atoms with Crippen LogP contribution in [-0.2, 0) is 11.3 Å². The summed E-state index contributed by atoms with van der Waals surface area (Å²) in [5.41, 5.74) is 1.12. The summed E-state index contributed by atoms with van der Waals surface area (Å²) >= 11 is 0. The van der Waals surface area contributed by atoms with Crippen molar-refractivity contribution in [1.29, 1.82) is 0 Å². The van der Waals surface area contributed by atoms with Crippen LogP contribution in [-0.4, -0.2) is 33.6 Å². The maximum Gasteiger partial charge on any atom is 0.135 e. The molecular formula is C14H23N3O. The van der Waals surface area contributed by atoms with E-state index in [0.29, 0.717) is 24.7 Å². The van der Waals surface area contributed by atoms with Crippen LogP contribution in [0.15, 0.2) is 12.3 Å². The van der Waals surface area contributed by atoms with Crippen molar-refractivity contribution in [3.05, 3.63) is 18.0 Å². The zero-order valence-electron chi connectivity index (χ0n) is 11.4. The van der Waals surface area contributed by atoms with Gasteiger partial charge in [-0.1, -0.05) is 13.8 Å². The van der Waals surface area contributed by atoms with Crippen molar-refractivity contribution >= 4 is 5.78 Å². The predicted molar refractivity (Wildman–Crippen MR) is 71.4 cm³/mol. The molecule has 1 aliphatic heterocycles. The van der Waals surface area contributed by atoms with Gasteiger partial charge in [-0.15, -0.1) is 0 Å². The van der Waals surface area contributed by atoms with Crippen LogP contribution >= 0.6 is 0 Å². The van der Waals surface area contributed by atoms with Gasteiger partial charge < -0.3 is 0 Å². The fourth-order valence-corrected chi connectivity index (χ4v) is 2.52. The molecule has 1 aliphatic rings. The summed E-state index contributed by atoms with van der Waals surface area (Å²) in [4.78, 5) is 13.5. The highest BCUT2D eigenvalue weighted by atomic mass is 16.1. The van der Waals surface area contributed by atoms with Crippen LogP contribution in [0, 0.1) is 0 Å². The molecule has 0 aliphatic carbocycles. The van der Waals surface area contributed by atoms with Crippen LogP contribution in [0.2, 0.25) is 0 Å². The SMILES string of the molecule is CCC(CC)n1ccc(CN2CCC(=O)CC2)n1. The molecule has 2 rings (SSSR count). The molecule has 1 aromatic rings. The Morgan fingerprint density at radius 1 is 1.28 bits per heavy atom. The minimum atomic E-state index is 0.397. The molecule has 0 saturated carbocycles. The molecule has 0 atom stereocenters. The highest BCUT2D eigenvalue weighted by Crippen LogP contribution is 2.16. The normalized spacial score (nSPS) is 17.6. The number of hydrogen-bond donors (Lipinski definition) is 0. The quantitative estimate of drug-likeness (QED) is 0.804. The van der Waals surface area contributed by atoms with Gasteiger partial charge in [0.2, 0.25) is 0 Å². The highest BCUT2D eigenvalue weighted by Gasteiger charge is 2.17. The van der Waals surface area contributed by atoms with E-state index in [1.54, 1.807) is 0 Å². The molecule has 0 radical (unpaired) electrons. The topological polar surface area (TPSA) is 38.1 Å². The summed E-state index contributed by atoms with van der Waals surface area (Å²) in [6.45, 7) is 7.05. The van der Waals surface area contributed by atoms with Gasteiger partial charge in [0.25, 0.3) is 0 Å². The molecule has 1 fully saturated rings. The predicted octanol–water partition coefficient (Wildman–Crippen LogP) is 2.41. The molecule has 0 spiro atoms. The third kappa shape index (κ3) is 3.19. The number of Topliss-reactive ketones (excluding diaryl/α,β-unsaturated/α-hetero) is 1. The van der Waals surface area contributed by atoms with Gasteiger partial charge in [0.15, 0.2) is 0 Å². The first-order chi connectivity index (χ1) is 8.72. The summed E-state index contributed by atoms with van der Waals surface area (Å²) in [6.07, 6.45) is 5.73. The Hall–Kier alpha value is -1.16. The van der Waals surface area contributed by atoms with E-state index in [1.807, 2.05) is 0 Å². The Kier molecular flexibility index (Phi) is 4.53. The second-order valence-electron chi connectivity index (χ2n) is 5.07. The van der Waals surface area contributed by atoms with Gasteiger partial charge in [0, 0.05) is 38.7 Å². The van der Waals surface area contributed by atoms with Crippen molar-refractivity contribution in [2.45, 2.75) is 52.1 Å². The molecule has 0 unspecified atom stereocenters. The number of hydrogen-bond acceptors (Lipinski definition) is 3.